The molecule has 0 spiro atoms. The second-order valence-electron chi connectivity index (χ2n) is 7.26. The Morgan fingerprint density at radius 2 is 1.81 bits per heavy atom. The monoisotopic (exact) mass is 429 g/mol. The molecule has 0 bridgehead atoms. The summed E-state index contributed by atoms with van der Waals surface area (Å²) in [5.41, 5.74) is 3.38. The smallest absolute Gasteiger partial charge is 0.241 e. The maximum Gasteiger partial charge on any atom is 0.241 e. The van der Waals surface area contributed by atoms with Crippen LogP contribution in [0.5, 0.6) is 0 Å². The molecule has 2 aromatic carbocycles. The summed E-state index contributed by atoms with van der Waals surface area (Å²) in [7, 11) is 0. The molecule has 0 radical (unpaired) electrons. The molecule has 1 N–H and O–H groups in total. The summed E-state index contributed by atoms with van der Waals surface area (Å²) >= 11 is 3.53. The van der Waals surface area contributed by atoms with E-state index in [2.05, 4.69) is 61.4 Å². The molecule has 0 aromatic heterocycles. The second kappa shape index (κ2) is 9.49. The van der Waals surface area contributed by atoms with E-state index >= 15 is 0 Å². The fraction of sp³-hybridized carbons (Fsp3) is 0.409. The number of carbonyl (C=O) groups is 1. The number of aryl methyl sites for hydroxylation is 1. The zero-order chi connectivity index (χ0) is 19.2. The molecular weight excluding hydrogens is 402 g/mol. The SMILES string of the molecule is Cc1ccc(NC(=O)[C@@H](C)N2CCN(CCc3ccccc3)CC2)c(Br)c1. The number of amides is 1. The van der Waals surface area contributed by atoms with Gasteiger partial charge in [-0.05, 0) is 59.5 Å². The van der Waals surface area contributed by atoms with Gasteiger partial charge in [0.25, 0.3) is 0 Å². The predicted molar refractivity (Wildman–Crippen MR) is 115 cm³/mol. The minimum Gasteiger partial charge on any atom is -0.324 e. The van der Waals surface area contributed by atoms with Crippen molar-refractivity contribution in [2.45, 2.75) is 26.3 Å². The first kappa shape index (κ1) is 20.1. The number of hydrogen-bond acceptors (Lipinski definition) is 3. The molecule has 2 aromatic rings. The molecule has 5 heteroatoms. The van der Waals surface area contributed by atoms with Gasteiger partial charge in [0.2, 0.25) is 5.91 Å². The number of nitrogens with one attached hydrogen (secondary N) is 1. The van der Waals surface area contributed by atoms with E-state index in [4.69, 9.17) is 0 Å². The third-order valence-corrected chi connectivity index (χ3v) is 5.93. The summed E-state index contributed by atoms with van der Waals surface area (Å²) in [6.07, 6.45) is 1.08. The lowest BCUT2D eigenvalue weighted by atomic mass is 10.1. The highest BCUT2D eigenvalue weighted by Crippen LogP contribution is 2.24. The van der Waals surface area contributed by atoms with Crippen LogP contribution < -0.4 is 5.32 Å². The van der Waals surface area contributed by atoms with Crippen molar-refractivity contribution in [2.75, 3.05) is 38.0 Å². The van der Waals surface area contributed by atoms with Crippen molar-refractivity contribution in [3.8, 4) is 0 Å². The zero-order valence-corrected chi connectivity index (χ0v) is 17.7. The largest absolute Gasteiger partial charge is 0.324 e. The van der Waals surface area contributed by atoms with Crippen LogP contribution in [0.25, 0.3) is 0 Å². The topological polar surface area (TPSA) is 35.6 Å². The molecule has 1 amide bonds. The first-order chi connectivity index (χ1) is 13.0. The van der Waals surface area contributed by atoms with E-state index < -0.39 is 0 Å². The molecule has 0 saturated carbocycles. The fourth-order valence-corrected chi connectivity index (χ4v) is 4.02. The van der Waals surface area contributed by atoms with Crippen LogP contribution in [0.1, 0.15) is 18.1 Å². The van der Waals surface area contributed by atoms with Crippen molar-refractivity contribution in [3.63, 3.8) is 0 Å². The van der Waals surface area contributed by atoms with E-state index in [1.54, 1.807) is 0 Å². The summed E-state index contributed by atoms with van der Waals surface area (Å²) < 4.78 is 0.925. The number of nitrogens with zero attached hydrogens (tertiary/aromatic N) is 2. The van der Waals surface area contributed by atoms with E-state index in [-0.39, 0.29) is 11.9 Å². The highest BCUT2D eigenvalue weighted by Gasteiger charge is 2.25. The summed E-state index contributed by atoms with van der Waals surface area (Å²) in [4.78, 5) is 17.4. The number of rotatable bonds is 6. The summed E-state index contributed by atoms with van der Waals surface area (Å²) in [6, 6.07) is 16.5. The number of carbonyl (C=O) groups excluding carboxylic acids is 1. The van der Waals surface area contributed by atoms with Crippen molar-refractivity contribution in [1.82, 2.24) is 9.80 Å². The lowest BCUT2D eigenvalue weighted by Crippen LogP contribution is -2.53. The van der Waals surface area contributed by atoms with E-state index in [1.807, 2.05) is 32.0 Å². The molecule has 1 aliphatic heterocycles. The first-order valence-electron chi connectivity index (χ1n) is 9.60. The van der Waals surface area contributed by atoms with E-state index in [9.17, 15) is 4.79 Å². The lowest BCUT2D eigenvalue weighted by Gasteiger charge is -2.37. The Morgan fingerprint density at radius 1 is 1.11 bits per heavy atom. The molecule has 1 heterocycles. The molecule has 1 aliphatic rings. The van der Waals surface area contributed by atoms with Gasteiger partial charge in [0.05, 0.1) is 11.7 Å². The third-order valence-electron chi connectivity index (χ3n) is 5.28. The molecule has 27 heavy (non-hydrogen) atoms. The van der Waals surface area contributed by atoms with Gasteiger partial charge in [-0.1, -0.05) is 36.4 Å². The minimum atomic E-state index is -0.130. The Hall–Kier alpha value is -1.69. The Kier molecular flexibility index (Phi) is 7.05. The van der Waals surface area contributed by atoms with Crippen LogP contribution in [-0.2, 0) is 11.2 Å². The van der Waals surface area contributed by atoms with Crippen LogP contribution in [-0.4, -0.2) is 54.5 Å². The predicted octanol–water partition coefficient (Wildman–Crippen LogP) is 3.94. The van der Waals surface area contributed by atoms with Crippen molar-refractivity contribution < 1.29 is 4.79 Å². The van der Waals surface area contributed by atoms with Crippen molar-refractivity contribution in [3.05, 3.63) is 64.1 Å². The maximum atomic E-state index is 12.7. The third kappa shape index (κ3) is 5.64. The van der Waals surface area contributed by atoms with Crippen LogP contribution in [0, 0.1) is 6.92 Å². The van der Waals surface area contributed by atoms with Gasteiger partial charge >= 0.3 is 0 Å². The van der Waals surface area contributed by atoms with Crippen LogP contribution in [0.3, 0.4) is 0 Å². The number of benzene rings is 2. The molecule has 144 valence electrons. The lowest BCUT2D eigenvalue weighted by molar-refractivity contribution is -0.121. The number of anilines is 1. The van der Waals surface area contributed by atoms with Gasteiger partial charge < -0.3 is 10.2 Å². The van der Waals surface area contributed by atoms with Gasteiger partial charge in [-0.25, -0.2) is 0 Å². The Balaban J connectivity index is 1.46. The van der Waals surface area contributed by atoms with Gasteiger partial charge in [0.15, 0.2) is 0 Å². The molecule has 4 nitrogen and oxygen atoms in total. The Labute approximate surface area is 170 Å². The summed E-state index contributed by atoms with van der Waals surface area (Å²) in [5.74, 6) is 0.0530. The number of halogens is 1. The average Bonchev–Trinajstić information content (AvgIpc) is 2.69. The van der Waals surface area contributed by atoms with Gasteiger partial charge in [-0.2, -0.15) is 0 Å². The van der Waals surface area contributed by atoms with Crippen LogP contribution in [0.2, 0.25) is 0 Å². The van der Waals surface area contributed by atoms with E-state index in [1.165, 1.54) is 11.1 Å². The molecule has 1 atom stereocenters. The van der Waals surface area contributed by atoms with Gasteiger partial charge in [0, 0.05) is 37.2 Å². The highest BCUT2D eigenvalue weighted by molar-refractivity contribution is 9.10. The average molecular weight is 430 g/mol. The maximum absolute atomic E-state index is 12.7. The van der Waals surface area contributed by atoms with Gasteiger partial charge in [-0.15, -0.1) is 0 Å². The normalized spacial score (nSPS) is 16.9. The Bertz CT molecular complexity index is 757. The van der Waals surface area contributed by atoms with Crippen molar-refractivity contribution >= 4 is 27.5 Å². The summed E-state index contributed by atoms with van der Waals surface area (Å²) in [6.45, 7) is 9.00. The standard InChI is InChI=1S/C22H28BrN3O/c1-17-8-9-21(20(23)16-17)24-22(27)18(2)26-14-12-25(13-15-26)11-10-19-6-4-3-5-7-19/h3-9,16,18H,10-15H2,1-2H3,(H,24,27)/t18-/m1/s1. The fourth-order valence-electron chi connectivity index (χ4n) is 3.43. The summed E-state index contributed by atoms with van der Waals surface area (Å²) in [5, 5.41) is 3.05. The van der Waals surface area contributed by atoms with Crippen LogP contribution >= 0.6 is 15.9 Å². The molecule has 1 saturated heterocycles. The van der Waals surface area contributed by atoms with Gasteiger partial charge in [-0.3, -0.25) is 9.69 Å². The first-order valence-corrected chi connectivity index (χ1v) is 10.4. The Morgan fingerprint density at radius 3 is 2.48 bits per heavy atom. The van der Waals surface area contributed by atoms with E-state index in [0.29, 0.717) is 0 Å². The van der Waals surface area contributed by atoms with E-state index in [0.717, 1.165) is 49.3 Å². The minimum absolute atomic E-state index is 0.0530. The quantitative estimate of drug-likeness (QED) is 0.754. The zero-order valence-electron chi connectivity index (χ0n) is 16.1. The van der Waals surface area contributed by atoms with Gasteiger partial charge in [0.1, 0.15) is 0 Å². The van der Waals surface area contributed by atoms with Crippen molar-refractivity contribution in [2.24, 2.45) is 0 Å². The molecule has 0 aliphatic carbocycles. The molecule has 0 unspecified atom stereocenters. The molecule has 3 rings (SSSR count). The molecular formula is C22H28BrN3O. The highest BCUT2D eigenvalue weighted by atomic mass is 79.9. The number of piperazine rings is 1. The second-order valence-corrected chi connectivity index (χ2v) is 8.12. The van der Waals surface area contributed by atoms with Crippen LogP contribution in [0.4, 0.5) is 5.69 Å². The molecule has 1 fully saturated rings. The van der Waals surface area contributed by atoms with Crippen LogP contribution in [0.15, 0.2) is 53.0 Å². The van der Waals surface area contributed by atoms with Crippen molar-refractivity contribution in [1.29, 1.82) is 0 Å². The number of hydrogen-bond donors (Lipinski definition) is 1.